The number of nitrogens with one attached hydrogen (secondary N) is 1. The number of amides is 1. The topological polar surface area (TPSA) is 148 Å². The average molecular weight is 362 g/mol. The summed E-state index contributed by atoms with van der Waals surface area (Å²) >= 11 is 4.13. The van der Waals surface area contributed by atoms with Crippen LogP contribution in [0, 0.1) is 6.92 Å². The van der Waals surface area contributed by atoms with E-state index in [1.54, 1.807) is 13.0 Å². The maximum Gasteiger partial charge on any atom is 0.469 e. The molecule has 0 fully saturated rings. The monoisotopic (exact) mass is 362 g/mol. The molecule has 0 bridgehead atoms. The first kappa shape index (κ1) is 19.6. The Kier molecular flexibility index (Phi) is 7.66. The van der Waals surface area contributed by atoms with E-state index in [0.29, 0.717) is 16.3 Å². The van der Waals surface area contributed by atoms with Crippen molar-refractivity contribution in [3.05, 3.63) is 28.6 Å². The van der Waals surface area contributed by atoms with Gasteiger partial charge >= 0.3 is 7.82 Å². The van der Waals surface area contributed by atoms with Gasteiger partial charge in [0.05, 0.1) is 13.0 Å². The van der Waals surface area contributed by atoms with E-state index < -0.39 is 7.82 Å². The number of aromatic nitrogens is 2. The van der Waals surface area contributed by atoms with Gasteiger partial charge in [0.1, 0.15) is 11.6 Å². The van der Waals surface area contributed by atoms with Crippen molar-refractivity contribution < 1.29 is 23.7 Å². The highest BCUT2D eigenvalue weighted by Crippen LogP contribution is 2.36. The van der Waals surface area contributed by atoms with Crippen LogP contribution in [-0.2, 0) is 20.3 Å². The number of nitrogen functional groups attached to an aromatic ring is 1. The van der Waals surface area contributed by atoms with Crippen molar-refractivity contribution >= 4 is 32.2 Å². The number of aryl methyl sites for hydroxylation is 1. The predicted molar refractivity (Wildman–Crippen MR) is 87.6 cm³/mol. The van der Waals surface area contributed by atoms with Gasteiger partial charge in [-0.2, -0.15) is 0 Å². The third-order valence-electron chi connectivity index (χ3n) is 2.62. The lowest BCUT2D eigenvalue weighted by molar-refractivity contribution is -0.120. The van der Waals surface area contributed by atoms with Gasteiger partial charge in [-0.3, -0.25) is 9.32 Å². The summed E-state index contributed by atoms with van der Waals surface area (Å²) in [5.41, 5.74) is 6.24. The molecule has 0 aliphatic rings. The summed E-state index contributed by atoms with van der Waals surface area (Å²) in [7, 11) is -4.47. The second-order valence-corrected chi connectivity index (χ2v) is 6.39. The van der Waals surface area contributed by atoms with E-state index in [1.165, 1.54) is 6.20 Å². The summed E-state index contributed by atoms with van der Waals surface area (Å²) in [5.74, 6) is 0.549. The molecule has 1 aromatic heterocycles. The molecule has 0 unspecified atom stereocenters. The Morgan fingerprint density at radius 1 is 1.57 bits per heavy atom. The van der Waals surface area contributed by atoms with Crippen LogP contribution < -0.4 is 11.1 Å². The normalized spacial score (nSPS) is 12.3. The van der Waals surface area contributed by atoms with Crippen molar-refractivity contribution in [1.82, 2.24) is 15.3 Å². The minimum absolute atomic E-state index is 0.0587. The number of carbonyl (C=O) groups is 1. The first-order valence-electron chi connectivity index (χ1n) is 6.60. The molecule has 0 radical (unpaired) electrons. The fourth-order valence-corrected chi connectivity index (χ4v) is 2.05. The number of phosphoric acid groups is 1. The Labute approximate surface area is 139 Å². The Morgan fingerprint density at radius 2 is 2.26 bits per heavy atom. The molecule has 9 nitrogen and oxygen atoms in total. The Hall–Kier alpha value is -1.45. The smallest absolute Gasteiger partial charge is 0.383 e. The number of thiol groups is 1. The summed E-state index contributed by atoms with van der Waals surface area (Å²) in [6.45, 7) is 1.76. The Morgan fingerprint density at radius 3 is 2.87 bits per heavy atom. The summed E-state index contributed by atoms with van der Waals surface area (Å²) in [5, 5.41) is 2.64. The first-order valence-corrected chi connectivity index (χ1v) is 8.58. The number of phosphoric ester groups is 1. The van der Waals surface area contributed by atoms with Crippen molar-refractivity contribution in [3.8, 4) is 0 Å². The van der Waals surface area contributed by atoms with E-state index in [1.807, 2.05) is 0 Å². The van der Waals surface area contributed by atoms with Crippen molar-refractivity contribution in [3.63, 3.8) is 0 Å². The largest absolute Gasteiger partial charge is 0.469 e. The lowest BCUT2D eigenvalue weighted by atomic mass is 10.2. The molecule has 128 valence electrons. The molecule has 11 heteroatoms. The zero-order valence-corrected chi connectivity index (χ0v) is 14.3. The highest BCUT2D eigenvalue weighted by molar-refractivity contribution is 7.84. The maximum absolute atomic E-state index is 11.8. The summed E-state index contributed by atoms with van der Waals surface area (Å²) in [6.07, 6.45) is 3.40. The summed E-state index contributed by atoms with van der Waals surface area (Å²) in [6, 6.07) is 0. The van der Waals surface area contributed by atoms with Crippen molar-refractivity contribution in [2.24, 2.45) is 0 Å². The van der Waals surface area contributed by atoms with E-state index in [0.717, 1.165) is 0 Å². The van der Waals surface area contributed by atoms with Crippen LogP contribution in [0.25, 0.3) is 0 Å². The quantitative estimate of drug-likeness (QED) is 0.328. The van der Waals surface area contributed by atoms with Gasteiger partial charge in [-0.15, -0.1) is 12.6 Å². The van der Waals surface area contributed by atoms with Crippen LogP contribution in [0.4, 0.5) is 5.82 Å². The van der Waals surface area contributed by atoms with Crippen molar-refractivity contribution in [1.29, 1.82) is 0 Å². The molecule has 5 N–H and O–H groups in total. The van der Waals surface area contributed by atoms with Crippen LogP contribution in [0.15, 0.2) is 17.2 Å². The molecule has 23 heavy (non-hydrogen) atoms. The number of carbonyl (C=O) groups excluding carboxylic acids is 1. The molecule has 1 aromatic rings. The SMILES string of the molecule is Cc1ncc(CC(=O)NCC=C(S)CCOP(=O)(O)O)c(N)n1. The number of anilines is 1. The molecule has 0 aromatic carbocycles. The van der Waals surface area contributed by atoms with E-state index in [4.69, 9.17) is 15.5 Å². The fraction of sp³-hybridized carbons (Fsp3) is 0.417. The Balaban J connectivity index is 2.35. The van der Waals surface area contributed by atoms with Gasteiger partial charge in [-0.05, 0) is 11.8 Å². The number of hydrogen-bond acceptors (Lipinski definition) is 7. The van der Waals surface area contributed by atoms with E-state index in [9.17, 15) is 9.36 Å². The number of hydrogen-bond donors (Lipinski definition) is 5. The minimum atomic E-state index is -4.47. The van der Waals surface area contributed by atoms with Crippen LogP contribution in [0.1, 0.15) is 17.8 Å². The molecule has 1 heterocycles. The third-order valence-corrected chi connectivity index (χ3v) is 3.55. The lowest BCUT2D eigenvalue weighted by Crippen LogP contribution is -2.25. The van der Waals surface area contributed by atoms with Crippen LogP contribution in [0.2, 0.25) is 0 Å². The van der Waals surface area contributed by atoms with E-state index in [-0.39, 0.29) is 37.7 Å². The van der Waals surface area contributed by atoms with Gasteiger partial charge in [0, 0.05) is 24.7 Å². The molecule has 1 amide bonds. The molecule has 0 aliphatic carbocycles. The highest BCUT2D eigenvalue weighted by atomic mass is 32.1. The van der Waals surface area contributed by atoms with Crippen LogP contribution in [0.3, 0.4) is 0 Å². The van der Waals surface area contributed by atoms with Gasteiger partial charge < -0.3 is 20.8 Å². The molecule has 0 aliphatic heterocycles. The van der Waals surface area contributed by atoms with Crippen LogP contribution in [-0.4, -0.2) is 38.8 Å². The molecule has 1 rings (SSSR count). The standard InChI is InChI=1S/C12H19N4O5PS/c1-8-15-7-9(12(13)16-8)6-11(17)14-4-2-10(23)3-5-21-22(18,19)20/h2,7,23H,3-6H2,1H3,(H,14,17)(H2,13,15,16)(H2,18,19,20). The van der Waals surface area contributed by atoms with Crippen molar-refractivity contribution in [2.75, 3.05) is 18.9 Å². The van der Waals surface area contributed by atoms with Gasteiger partial charge in [0.15, 0.2) is 0 Å². The second-order valence-electron chi connectivity index (χ2n) is 4.58. The average Bonchev–Trinajstić information content (AvgIpc) is 2.40. The predicted octanol–water partition coefficient (Wildman–Crippen LogP) is 0.339. The second kappa shape index (κ2) is 8.99. The zero-order chi connectivity index (χ0) is 17.5. The molecule has 0 atom stereocenters. The minimum Gasteiger partial charge on any atom is -0.383 e. The first-order chi connectivity index (χ1) is 10.7. The third kappa shape index (κ3) is 8.68. The molecule has 0 spiro atoms. The van der Waals surface area contributed by atoms with Gasteiger partial charge in [0.25, 0.3) is 0 Å². The maximum atomic E-state index is 11.8. The number of rotatable bonds is 8. The molecular formula is C12H19N4O5PS. The van der Waals surface area contributed by atoms with Gasteiger partial charge in [0.2, 0.25) is 5.91 Å². The number of nitrogens with zero attached hydrogens (tertiary/aromatic N) is 2. The zero-order valence-electron chi connectivity index (χ0n) is 12.5. The van der Waals surface area contributed by atoms with Crippen LogP contribution in [0.5, 0.6) is 0 Å². The fourth-order valence-electron chi connectivity index (χ4n) is 1.54. The van der Waals surface area contributed by atoms with Gasteiger partial charge in [-0.25, -0.2) is 14.5 Å². The van der Waals surface area contributed by atoms with Crippen molar-refractivity contribution in [2.45, 2.75) is 19.8 Å². The Bertz CT molecular complexity index is 634. The molecular weight excluding hydrogens is 343 g/mol. The highest BCUT2D eigenvalue weighted by Gasteiger charge is 2.12. The van der Waals surface area contributed by atoms with Crippen LogP contribution >= 0.6 is 20.5 Å². The van der Waals surface area contributed by atoms with E-state index in [2.05, 4.69) is 32.4 Å². The van der Waals surface area contributed by atoms with Gasteiger partial charge in [-0.1, -0.05) is 6.08 Å². The molecule has 0 saturated heterocycles. The van der Waals surface area contributed by atoms with E-state index >= 15 is 0 Å². The number of nitrogens with two attached hydrogens (primary N) is 1. The summed E-state index contributed by atoms with van der Waals surface area (Å²) in [4.78, 5) is 37.3. The summed E-state index contributed by atoms with van der Waals surface area (Å²) < 4.78 is 14.8. The lowest BCUT2D eigenvalue weighted by Gasteiger charge is -2.07. The molecule has 0 saturated carbocycles.